The number of hydrogen-bond donors (Lipinski definition) is 0. The largest absolute Gasteiger partial charge is 0.294 e. The number of ketones is 1. The minimum Gasteiger partial charge on any atom is -0.294 e. The third-order valence-electron chi connectivity index (χ3n) is 2.39. The molecule has 0 atom stereocenters. The van der Waals surface area contributed by atoms with Crippen LogP contribution in [0, 0.1) is 18.7 Å². The normalized spacial score (nSPS) is 15.6. The Bertz CT molecular complexity index is 397. The summed E-state index contributed by atoms with van der Waals surface area (Å²) in [5, 5.41) is 0. The Morgan fingerprint density at radius 3 is 2.71 bits per heavy atom. The molecule has 3 heteroatoms. The first-order chi connectivity index (χ1) is 6.59. The Morgan fingerprint density at radius 1 is 1.50 bits per heavy atom. The second kappa shape index (κ2) is 3.46. The number of benzene rings is 1. The van der Waals surface area contributed by atoms with Crippen molar-refractivity contribution in [2.24, 2.45) is 5.92 Å². The van der Waals surface area contributed by atoms with E-state index in [-0.39, 0.29) is 17.3 Å². The minimum absolute atomic E-state index is 0.0492. The fourth-order valence-corrected chi connectivity index (χ4v) is 2.04. The molecule has 0 heterocycles. The highest BCUT2D eigenvalue weighted by molar-refractivity contribution is 9.10. The number of carbonyl (C=O) groups is 1. The van der Waals surface area contributed by atoms with Gasteiger partial charge in [-0.25, -0.2) is 4.39 Å². The van der Waals surface area contributed by atoms with Crippen molar-refractivity contribution in [1.29, 1.82) is 0 Å². The molecule has 0 saturated heterocycles. The lowest BCUT2D eigenvalue weighted by Crippen LogP contribution is -2.05. The predicted octanol–water partition coefficient (Wildman–Crippen LogP) is 3.49. The lowest BCUT2D eigenvalue weighted by molar-refractivity contribution is 0.0963. The lowest BCUT2D eigenvalue weighted by Gasteiger charge is -2.04. The molecule has 2 rings (SSSR count). The molecule has 1 nitrogen and oxygen atoms in total. The van der Waals surface area contributed by atoms with E-state index < -0.39 is 5.82 Å². The summed E-state index contributed by atoms with van der Waals surface area (Å²) >= 11 is 3.11. The van der Waals surface area contributed by atoms with E-state index in [1.54, 1.807) is 12.1 Å². The monoisotopic (exact) mass is 256 g/mol. The fraction of sp³-hybridized carbons (Fsp3) is 0.364. The molecular weight excluding hydrogens is 247 g/mol. The molecule has 1 aromatic rings. The summed E-state index contributed by atoms with van der Waals surface area (Å²) in [4.78, 5) is 11.7. The second-order valence-electron chi connectivity index (χ2n) is 3.75. The van der Waals surface area contributed by atoms with Gasteiger partial charge in [0.2, 0.25) is 0 Å². The fourth-order valence-electron chi connectivity index (χ4n) is 1.47. The highest BCUT2D eigenvalue weighted by Gasteiger charge is 2.32. The third kappa shape index (κ3) is 1.73. The van der Waals surface area contributed by atoms with Crippen LogP contribution < -0.4 is 0 Å². The first-order valence-corrected chi connectivity index (χ1v) is 5.38. The molecule has 0 amide bonds. The highest BCUT2D eigenvalue weighted by atomic mass is 79.9. The molecule has 0 unspecified atom stereocenters. The molecule has 0 spiro atoms. The lowest BCUT2D eigenvalue weighted by atomic mass is 10.0. The number of aryl methyl sites for hydroxylation is 1. The molecule has 74 valence electrons. The van der Waals surface area contributed by atoms with E-state index in [1.807, 2.05) is 6.92 Å². The van der Waals surface area contributed by atoms with Crippen molar-refractivity contribution < 1.29 is 9.18 Å². The molecule has 14 heavy (non-hydrogen) atoms. The smallest absolute Gasteiger partial charge is 0.168 e. The number of rotatable bonds is 2. The highest BCUT2D eigenvalue weighted by Crippen LogP contribution is 2.34. The van der Waals surface area contributed by atoms with Crippen molar-refractivity contribution in [2.45, 2.75) is 19.8 Å². The summed E-state index contributed by atoms with van der Waals surface area (Å²) in [6.45, 7) is 1.86. The Kier molecular flexibility index (Phi) is 2.43. The SMILES string of the molecule is Cc1cc(Br)c(F)c(C(=O)C2CC2)c1. The zero-order chi connectivity index (χ0) is 10.3. The van der Waals surface area contributed by atoms with Gasteiger partial charge in [-0.15, -0.1) is 0 Å². The van der Waals surface area contributed by atoms with Crippen LogP contribution in [0.2, 0.25) is 0 Å². The van der Waals surface area contributed by atoms with Crippen molar-refractivity contribution in [3.8, 4) is 0 Å². The summed E-state index contributed by atoms with van der Waals surface area (Å²) in [5.74, 6) is -0.405. The van der Waals surface area contributed by atoms with E-state index >= 15 is 0 Å². The van der Waals surface area contributed by atoms with Gasteiger partial charge < -0.3 is 0 Å². The molecular formula is C11H10BrFO. The van der Waals surface area contributed by atoms with Crippen LogP contribution in [0.4, 0.5) is 4.39 Å². The quantitative estimate of drug-likeness (QED) is 0.741. The molecule has 0 aliphatic heterocycles. The molecule has 0 bridgehead atoms. The van der Waals surface area contributed by atoms with Crippen molar-refractivity contribution in [1.82, 2.24) is 0 Å². The molecule has 1 aromatic carbocycles. The van der Waals surface area contributed by atoms with Crippen LogP contribution in [-0.4, -0.2) is 5.78 Å². The van der Waals surface area contributed by atoms with Crippen LogP contribution in [0.1, 0.15) is 28.8 Å². The maximum atomic E-state index is 13.6. The molecule has 1 aliphatic carbocycles. The van der Waals surface area contributed by atoms with E-state index in [1.165, 1.54) is 0 Å². The zero-order valence-corrected chi connectivity index (χ0v) is 9.40. The Morgan fingerprint density at radius 2 is 2.14 bits per heavy atom. The van der Waals surface area contributed by atoms with Gasteiger partial charge in [-0.3, -0.25) is 4.79 Å². The van der Waals surface area contributed by atoms with Crippen molar-refractivity contribution in [3.05, 3.63) is 33.5 Å². The van der Waals surface area contributed by atoms with Gasteiger partial charge in [0, 0.05) is 5.92 Å². The van der Waals surface area contributed by atoms with Gasteiger partial charge in [0.15, 0.2) is 5.78 Å². The summed E-state index contributed by atoms with van der Waals surface area (Å²) in [6, 6.07) is 3.31. The molecule has 1 aliphatic rings. The number of carbonyl (C=O) groups excluding carboxylic acids is 1. The molecule has 0 aromatic heterocycles. The van der Waals surface area contributed by atoms with Crippen molar-refractivity contribution in [3.63, 3.8) is 0 Å². The standard InChI is InChI=1S/C11H10BrFO/c1-6-4-8(10(13)9(12)5-6)11(14)7-2-3-7/h4-5,7H,2-3H2,1H3. The second-order valence-corrected chi connectivity index (χ2v) is 4.60. The Labute approximate surface area is 90.4 Å². The van der Waals surface area contributed by atoms with Gasteiger partial charge in [-0.2, -0.15) is 0 Å². The topological polar surface area (TPSA) is 17.1 Å². The average molecular weight is 257 g/mol. The van der Waals surface area contributed by atoms with Crippen molar-refractivity contribution in [2.75, 3.05) is 0 Å². The Balaban J connectivity index is 2.45. The van der Waals surface area contributed by atoms with Gasteiger partial charge in [-0.1, -0.05) is 0 Å². The molecule has 1 saturated carbocycles. The summed E-state index contributed by atoms with van der Waals surface area (Å²) < 4.78 is 13.9. The molecule has 0 N–H and O–H groups in total. The third-order valence-corrected chi connectivity index (χ3v) is 2.96. The van der Waals surface area contributed by atoms with E-state index in [2.05, 4.69) is 15.9 Å². The van der Waals surface area contributed by atoms with E-state index in [9.17, 15) is 9.18 Å². The number of halogens is 2. The Hall–Kier alpha value is -0.700. The van der Waals surface area contributed by atoms with Gasteiger partial charge in [0.1, 0.15) is 5.82 Å². The molecule has 0 radical (unpaired) electrons. The number of hydrogen-bond acceptors (Lipinski definition) is 1. The van der Waals surface area contributed by atoms with Crippen LogP contribution in [-0.2, 0) is 0 Å². The van der Waals surface area contributed by atoms with Crippen LogP contribution in [0.3, 0.4) is 0 Å². The first-order valence-electron chi connectivity index (χ1n) is 4.59. The average Bonchev–Trinajstić information content (AvgIpc) is 2.93. The predicted molar refractivity (Wildman–Crippen MR) is 55.9 cm³/mol. The minimum atomic E-state index is -0.424. The van der Waals surface area contributed by atoms with Crippen LogP contribution in [0.25, 0.3) is 0 Å². The summed E-state index contributed by atoms with van der Waals surface area (Å²) in [7, 11) is 0. The summed E-state index contributed by atoms with van der Waals surface area (Å²) in [5.41, 5.74) is 1.14. The van der Waals surface area contributed by atoms with Crippen LogP contribution in [0.15, 0.2) is 16.6 Å². The molecule has 1 fully saturated rings. The van der Waals surface area contributed by atoms with E-state index in [4.69, 9.17) is 0 Å². The van der Waals surface area contributed by atoms with E-state index in [0.717, 1.165) is 18.4 Å². The first kappa shape index (κ1) is 9.84. The van der Waals surface area contributed by atoms with Gasteiger partial charge >= 0.3 is 0 Å². The van der Waals surface area contributed by atoms with Crippen LogP contribution in [0.5, 0.6) is 0 Å². The zero-order valence-electron chi connectivity index (χ0n) is 7.81. The van der Waals surface area contributed by atoms with Gasteiger partial charge in [-0.05, 0) is 53.4 Å². The van der Waals surface area contributed by atoms with E-state index in [0.29, 0.717) is 4.47 Å². The van der Waals surface area contributed by atoms with Gasteiger partial charge in [0.25, 0.3) is 0 Å². The maximum Gasteiger partial charge on any atom is 0.168 e. The van der Waals surface area contributed by atoms with Gasteiger partial charge in [0.05, 0.1) is 10.0 Å². The maximum absolute atomic E-state index is 13.6. The van der Waals surface area contributed by atoms with Crippen LogP contribution >= 0.6 is 15.9 Å². The summed E-state index contributed by atoms with van der Waals surface area (Å²) in [6.07, 6.45) is 1.81. The van der Waals surface area contributed by atoms with Crippen molar-refractivity contribution >= 4 is 21.7 Å². The number of Topliss-reactive ketones (excluding diaryl/α,β-unsaturated/α-hetero) is 1.